The summed E-state index contributed by atoms with van der Waals surface area (Å²) in [4.78, 5) is 12.2. The number of carbonyl (C=O) groups excluding carboxylic acids is 1. The number of rotatable bonds is 3. The molecule has 1 heterocycles. The van der Waals surface area contributed by atoms with E-state index in [2.05, 4.69) is 0 Å². The fourth-order valence-corrected chi connectivity index (χ4v) is 2.42. The number of Topliss-reactive ketones (excluding diaryl/α,β-unsaturated/α-hetero) is 1. The zero-order chi connectivity index (χ0) is 10.0. The number of ketones is 1. The van der Waals surface area contributed by atoms with Crippen LogP contribution >= 0.6 is 0 Å². The van der Waals surface area contributed by atoms with Gasteiger partial charge in [0.2, 0.25) is 0 Å². The zero-order valence-corrected chi connectivity index (χ0v) is 8.63. The molecular formula is C11H19NO2. The summed E-state index contributed by atoms with van der Waals surface area (Å²) in [5.74, 6) is 0.742. The van der Waals surface area contributed by atoms with Crippen LogP contribution in [0, 0.1) is 11.3 Å². The molecule has 80 valence electrons. The van der Waals surface area contributed by atoms with Crippen LogP contribution in [0.25, 0.3) is 0 Å². The summed E-state index contributed by atoms with van der Waals surface area (Å²) >= 11 is 0. The van der Waals surface area contributed by atoms with Crippen LogP contribution in [0.2, 0.25) is 0 Å². The summed E-state index contributed by atoms with van der Waals surface area (Å²) < 4.78 is 5.30. The van der Waals surface area contributed by atoms with Crippen LogP contribution in [0.3, 0.4) is 0 Å². The Morgan fingerprint density at radius 1 is 1.36 bits per heavy atom. The second-order valence-corrected chi connectivity index (χ2v) is 4.59. The first-order valence-electron chi connectivity index (χ1n) is 5.61. The van der Waals surface area contributed by atoms with E-state index in [0.717, 1.165) is 25.7 Å². The molecule has 2 fully saturated rings. The van der Waals surface area contributed by atoms with Gasteiger partial charge < -0.3 is 10.5 Å². The third-order valence-corrected chi connectivity index (χ3v) is 3.84. The van der Waals surface area contributed by atoms with E-state index in [1.54, 1.807) is 0 Å². The number of ether oxygens (including phenoxy) is 1. The fourth-order valence-electron chi connectivity index (χ4n) is 2.42. The maximum absolute atomic E-state index is 12.2. The van der Waals surface area contributed by atoms with E-state index in [1.807, 2.05) is 0 Å². The Kier molecular flexibility index (Phi) is 2.88. The summed E-state index contributed by atoms with van der Waals surface area (Å²) in [6.45, 7) is 1.91. The molecule has 3 nitrogen and oxygen atoms in total. The minimum atomic E-state index is -0.233. The minimum Gasteiger partial charge on any atom is -0.381 e. The molecule has 0 amide bonds. The van der Waals surface area contributed by atoms with Crippen molar-refractivity contribution in [1.29, 1.82) is 0 Å². The molecule has 0 aromatic carbocycles. The lowest BCUT2D eigenvalue weighted by atomic mass is 9.67. The molecule has 1 saturated heterocycles. The van der Waals surface area contributed by atoms with E-state index in [9.17, 15) is 4.79 Å². The summed E-state index contributed by atoms with van der Waals surface area (Å²) in [7, 11) is 0. The van der Waals surface area contributed by atoms with Crippen LogP contribution in [0.1, 0.15) is 32.1 Å². The lowest BCUT2D eigenvalue weighted by molar-refractivity contribution is -0.140. The SMILES string of the molecule is NCC1(C(=O)C2CCC2)CCOCC1. The predicted molar refractivity (Wildman–Crippen MR) is 53.9 cm³/mol. The Labute approximate surface area is 85.0 Å². The predicted octanol–water partition coefficient (Wildman–Crippen LogP) is 1.11. The molecule has 0 unspecified atom stereocenters. The zero-order valence-electron chi connectivity index (χ0n) is 8.63. The average Bonchev–Trinajstić information content (AvgIpc) is 2.16. The van der Waals surface area contributed by atoms with Crippen LogP contribution in [0.5, 0.6) is 0 Å². The van der Waals surface area contributed by atoms with Gasteiger partial charge in [-0.1, -0.05) is 6.42 Å². The molecule has 2 N–H and O–H groups in total. The Balaban J connectivity index is 2.05. The smallest absolute Gasteiger partial charge is 0.143 e. The standard InChI is InChI=1S/C11H19NO2/c12-8-11(4-6-14-7-5-11)10(13)9-2-1-3-9/h9H,1-8,12H2. The van der Waals surface area contributed by atoms with Crippen molar-refractivity contribution in [3.8, 4) is 0 Å². The molecule has 0 spiro atoms. The lowest BCUT2D eigenvalue weighted by Gasteiger charge is -2.39. The molecule has 3 heteroatoms. The van der Waals surface area contributed by atoms with Crippen LogP contribution in [0.15, 0.2) is 0 Å². The highest BCUT2D eigenvalue weighted by molar-refractivity contribution is 5.88. The van der Waals surface area contributed by atoms with Crippen LogP contribution < -0.4 is 5.73 Å². The molecule has 2 aliphatic rings. The van der Waals surface area contributed by atoms with Crippen molar-refractivity contribution in [3.05, 3.63) is 0 Å². The Hall–Kier alpha value is -0.410. The third kappa shape index (κ3) is 1.59. The van der Waals surface area contributed by atoms with E-state index < -0.39 is 0 Å². The van der Waals surface area contributed by atoms with E-state index in [-0.39, 0.29) is 5.41 Å². The first kappa shape index (κ1) is 10.1. The first-order chi connectivity index (χ1) is 6.78. The van der Waals surface area contributed by atoms with Gasteiger partial charge >= 0.3 is 0 Å². The molecular weight excluding hydrogens is 178 g/mol. The molecule has 0 atom stereocenters. The third-order valence-electron chi connectivity index (χ3n) is 3.84. The summed E-state index contributed by atoms with van der Waals surface area (Å²) in [5, 5.41) is 0. The average molecular weight is 197 g/mol. The molecule has 0 aromatic rings. The maximum Gasteiger partial charge on any atom is 0.143 e. The number of hydrogen-bond acceptors (Lipinski definition) is 3. The van der Waals surface area contributed by atoms with Gasteiger partial charge in [0.05, 0.1) is 0 Å². The van der Waals surface area contributed by atoms with Gasteiger partial charge in [0.1, 0.15) is 5.78 Å². The van der Waals surface area contributed by atoms with Gasteiger partial charge in [0, 0.05) is 31.1 Å². The monoisotopic (exact) mass is 197 g/mol. The highest BCUT2D eigenvalue weighted by Crippen LogP contribution is 2.39. The molecule has 1 aliphatic carbocycles. The molecule has 0 bridgehead atoms. The summed E-state index contributed by atoms with van der Waals surface area (Å²) in [5.41, 5.74) is 5.55. The Morgan fingerprint density at radius 3 is 2.43 bits per heavy atom. The Bertz CT molecular complexity index is 217. The van der Waals surface area contributed by atoms with Crippen molar-refractivity contribution >= 4 is 5.78 Å². The number of carbonyl (C=O) groups is 1. The molecule has 0 aromatic heterocycles. The molecule has 1 saturated carbocycles. The van der Waals surface area contributed by atoms with E-state index >= 15 is 0 Å². The minimum absolute atomic E-state index is 0.233. The van der Waals surface area contributed by atoms with Gasteiger partial charge in [-0.05, 0) is 25.7 Å². The molecule has 1 aliphatic heterocycles. The van der Waals surface area contributed by atoms with Crippen LogP contribution in [-0.4, -0.2) is 25.5 Å². The highest BCUT2D eigenvalue weighted by Gasteiger charge is 2.43. The van der Waals surface area contributed by atoms with Gasteiger partial charge in [-0.25, -0.2) is 0 Å². The van der Waals surface area contributed by atoms with Crippen molar-refractivity contribution in [1.82, 2.24) is 0 Å². The molecule has 0 radical (unpaired) electrons. The van der Waals surface area contributed by atoms with Gasteiger partial charge in [0.15, 0.2) is 0 Å². The second kappa shape index (κ2) is 3.99. The fraction of sp³-hybridized carbons (Fsp3) is 0.909. The summed E-state index contributed by atoms with van der Waals surface area (Å²) in [6, 6.07) is 0. The maximum atomic E-state index is 12.2. The van der Waals surface area contributed by atoms with Crippen molar-refractivity contribution in [3.63, 3.8) is 0 Å². The number of hydrogen-bond donors (Lipinski definition) is 1. The second-order valence-electron chi connectivity index (χ2n) is 4.59. The van der Waals surface area contributed by atoms with Gasteiger partial charge in [-0.2, -0.15) is 0 Å². The van der Waals surface area contributed by atoms with Gasteiger partial charge in [-0.3, -0.25) is 4.79 Å². The van der Waals surface area contributed by atoms with E-state index in [0.29, 0.717) is 31.5 Å². The van der Waals surface area contributed by atoms with Crippen LogP contribution in [-0.2, 0) is 9.53 Å². The highest BCUT2D eigenvalue weighted by atomic mass is 16.5. The molecule has 14 heavy (non-hydrogen) atoms. The first-order valence-corrected chi connectivity index (χ1v) is 5.61. The van der Waals surface area contributed by atoms with Crippen molar-refractivity contribution in [2.75, 3.05) is 19.8 Å². The quantitative estimate of drug-likeness (QED) is 0.737. The van der Waals surface area contributed by atoms with Crippen molar-refractivity contribution in [2.24, 2.45) is 17.1 Å². The summed E-state index contributed by atoms with van der Waals surface area (Å²) in [6.07, 6.45) is 5.05. The Morgan fingerprint density at radius 2 is 2.00 bits per heavy atom. The largest absolute Gasteiger partial charge is 0.381 e. The van der Waals surface area contributed by atoms with Crippen LogP contribution in [0.4, 0.5) is 0 Å². The van der Waals surface area contributed by atoms with Crippen molar-refractivity contribution < 1.29 is 9.53 Å². The normalized spacial score (nSPS) is 26.9. The van der Waals surface area contributed by atoms with E-state index in [1.165, 1.54) is 6.42 Å². The van der Waals surface area contributed by atoms with Gasteiger partial charge in [0.25, 0.3) is 0 Å². The lowest BCUT2D eigenvalue weighted by Crippen LogP contribution is -2.47. The van der Waals surface area contributed by atoms with Crippen molar-refractivity contribution in [2.45, 2.75) is 32.1 Å². The van der Waals surface area contributed by atoms with E-state index in [4.69, 9.17) is 10.5 Å². The topological polar surface area (TPSA) is 52.3 Å². The van der Waals surface area contributed by atoms with Gasteiger partial charge in [-0.15, -0.1) is 0 Å². The molecule has 2 rings (SSSR count). The number of nitrogens with two attached hydrogens (primary N) is 1.